The summed E-state index contributed by atoms with van der Waals surface area (Å²) in [5.41, 5.74) is 5.85. The summed E-state index contributed by atoms with van der Waals surface area (Å²) in [5, 5.41) is 3.42. The van der Waals surface area contributed by atoms with Gasteiger partial charge in [0.15, 0.2) is 0 Å². The minimum atomic E-state index is 0.235. The van der Waals surface area contributed by atoms with E-state index in [-0.39, 0.29) is 5.54 Å². The summed E-state index contributed by atoms with van der Waals surface area (Å²) in [6.45, 7) is 6.49. The van der Waals surface area contributed by atoms with Crippen LogP contribution in [0, 0.1) is 0 Å². The summed E-state index contributed by atoms with van der Waals surface area (Å²) in [6, 6.07) is 1.01. The van der Waals surface area contributed by atoms with Crippen LogP contribution in [0.4, 0.5) is 0 Å². The van der Waals surface area contributed by atoms with E-state index in [1.165, 1.54) is 0 Å². The second-order valence-electron chi connectivity index (χ2n) is 3.90. The molecule has 0 aromatic carbocycles. The molecule has 1 aliphatic rings. The molecule has 0 aliphatic heterocycles. The maximum absolute atomic E-state index is 5.61. The highest BCUT2D eigenvalue weighted by atomic mass is 15.1. The van der Waals surface area contributed by atoms with E-state index >= 15 is 0 Å². The fraction of sp³-hybridized carbons (Fsp3) is 1.00. The van der Waals surface area contributed by atoms with E-state index in [0.29, 0.717) is 12.1 Å². The van der Waals surface area contributed by atoms with Crippen molar-refractivity contribution < 1.29 is 0 Å². The minimum absolute atomic E-state index is 0.235. The Kier molecular flexibility index (Phi) is 1.53. The van der Waals surface area contributed by atoms with Gasteiger partial charge in [0.1, 0.15) is 0 Å². The number of nitrogens with one attached hydrogen (secondary N) is 1. The molecule has 0 heterocycles. The Morgan fingerprint density at radius 3 is 2.00 bits per heavy atom. The standard InChI is InChI=1S/C7H16N2/c1-7(2,3)9-6-4-5(6)8/h5-6,9H,4,8H2,1-3H3/t5-,6-/m1/s1. The fourth-order valence-corrected chi connectivity index (χ4v) is 0.937. The summed E-state index contributed by atoms with van der Waals surface area (Å²) in [7, 11) is 0. The highest BCUT2D eigenvalue weighted by Gasteiger charge is 2.35. The predicted octanol–water partition coefficient (Wildman–Crippen LogP) is 0.474. The molecule has 2 nitrogen and oxygen atoms in total. The average molecular weight is 128 g/mol. The number of nitrogens with two attached hydrogens (primary N) is 1. The minimum Gasteiger partial charge on any atom is -0.326 e. The zero-order valence-electron chi connectivity index (χ0n) is 6.44. The van der Waals surface area contributed by atoms with Crippen LogP contribution in [0.15, 0.2) is 0 Å². The lowest BCUT2D eigenvalue weighted by Crippen LogP contribution is -2.39. The molecule has 1 aliphatic carbocycles. The summed E-state index contributed by atoms with van der Waals surface area (Å²) in [6.07, 6.45) is 1.15. The Morgan fingerprint density at radius 2 is 1.89 bits per heavy atom. The smallest absolute Gasteiger partial charge is 0.0239 e. The van der Waals surface area contributed by atoms with Gasteiger partial charge in [-0.25, -0.2) is 0 Å². The molecule has 54 valence electrons. The number of rotatable bonds is 1. The molecule has 0 unspecified atom stereocenters. The molecule has 2 atom stereocenters. The van der Waals surface area contributed by atoms with Crippen LogP contribution in [0.5, 0.6) is 0 Å². The van der Waals surface area contributed by atoms with Crippen LogP contribution in [0.25, 0.3) is 0 Å². The second kappa shape index (κ2) is 1.96. The molecule has 0 aromatic heterocycles. The van der Waals surface area contributed by atoms with E-state index in [4.69, 9.17) is 5.73 Å². The van der Waals surface area contributed by atoms with Crippen molar-refractivity contribution in [3.8, 4) is 0 Å². The Balaban J connectivity index is 2.19. The molecule has 0 spiro atoms. The first-order valence-electron chi connectivity index (χ1n) is 3.52. The normalized spacial score (nSPS) is 34.7. The largest absolute Gasteiger partial charge is 0.326 e. The predicted molar refractivity (Wildman–Crippen MR) is 39.3 cm³/mol. The van der Waals surface area contributed by atoms with E-state index in [0.717, 1.165) is 6.42 Å². The molecule has 0 saturated heterocycles. The summed E-state index contributed by atoms with van der Waals surface area (Å²) >= 11 is 0. The molecule has 1 fully saturated rings. The van der Waals surface area contributed by atoms with E-state index in [2.05, 4.69) is 26.1 Å². The molecule has 0 aromatic rings. The molecule has 0 amide bonds. The van der Waals surface area contributed by atoms with Gasteiger partial charge in [-0.05, 0) is 27.2 Å². The molecule has 1 saturated carbocycles. The third kappa shape index (κ3) is 2.33. The van der Waals surface area contributed by atoms with Crippen LogP contribution in [-0.4, -0.2) is 17.6 Å². The molecule has 0 bridgehead atoms. The molecular weight excluding hydrogens is 112 g/mol. The van der Waals surface area contributed by atoms with Crippen molar-refractivity contribution in [2.75, 3.05) is 0 Å². The highest BCUT2D eigenvalue weighted by molar-refractivity contribution is 4.99. The zero-order chi connectivity index (χ0) is 7.07. The lowest BCUT2D eigenvalue weighted by Gasteiger charge is -2.20. The number of hydrogen-bond donors (Lipinski definition) is 2. The van der Waals surface area contributed by atoms with Crippen molar-refractivity contribution in [1.82, 2.24) is 5.32 Å². The van der Waals surface area contributed by atoms with Gasteiger partial charge in [-0.2, -0.15) is 0 Å². The van der Waals surface area contributed by atoms with Crippen LogP contribution in [0.2, 0.25) is 0 Å². The SMILES string of the molecule is CC(C)(C)N[C@@H]1C[C@H]1N. The van der Waals surface area contributed by atoms with E-state index in [1.54, 1.807) is 0 Å². The van der Waals surface area contributed by atoms with Gasteiger partial charge < -0.3 is 11.1 Å². The van der Waals surface area contributed by atoms with Crippen molar-refractivity contribution in [1.29, 1.82) is 0 Å². The first kappa shape index (κ1) is 7.03. The van der Waals surface area contributed by atoms with E-state index in [9.17, 15) is 0 Å². The number of hydrogen-bond acceptors (Lipinski definition) is 2. The Labute approximate surface area is 56.8 Å². The van der Waals surface area contributed by atoms with Gasteiger partial charge in [0.05, 0.1) is 0 Å². The Hall–Kier alpha value is -0.0800. The summed E-state index contributed by atoms with van der Waals surface area (Å²) in [5.74, 6) is 0. The van der Waals surface area contributed by atoms with E-state index < -0.39 is 0 Å². The first-order chi connectivity index (χ1) is 3.99. The lowest BCUT2D eigenvalue weighted by atomic mass is 10.1. The zero-order valence-corrected chi connectivity index (χ0v) is 6.44. The van der Waals surface area contributed by atoms with Crippen molar-refractivity contribution >= 4 is 0 Å². The monoisotopic (exact) mass is 128 g/mol. The lowest BCUT2D eigenvalue weighted by molar-refractivity contribution is 0.418. The molecule has 3 N–H and O–H groups in total. The summed E-state index contributed by atoms with van der Waals surface area (Å²) in [4.78, 5) is 0. The Bertz CT molecular complexity index is 104. The van der Waals surface area contributed by atoms with Crippen LogP contribution < -0.4 is 11.1 Å². The maximum atomic E-state index is 5.61. The van der Waals surface area contributed by atoms with Crippen LogP contribution in [-0.2, 0) is 0 Å². The van der Waals surface area contributed by atoms with Crippen LogP contribution in [0.3, 0.4) is 0 Å². The van der Waals surface area contributed by atoms with Gasteiger partial charge in [0.2, 0.25) is 0 Å². The Morgan fingerprint density at radius 1 is 1.44 bits per heavy atom. The van der Waals surface area contributed by atoms with E-state index in [1.807, 2.05) is 0 Å². The molecule has 9 heavy (non-hydrogen) atoms. The van der Waals surface area contributed by atoms with Crippen molar-refractivity contribution in [2.24, 2.45) is 5.73 Å². The average Bonchev–Trinajstić information content (AvgIpc) is 2.13. The van der Waals surface area contributed by atoms with Gasteiger partial charge in [0, 0.05) is 17.6 Å². The van der Waals surface area contributed by atoms with Gasteiger partial charge >= 0.3 is 0 Å². The van der Waals surface area contributed by atoms with Crippen LogP contribution >= 0.6 is 0 Å². The van der Waals surface area contributed by atoms with Crippen molar-refractivity contribution in [3.63, 3.8) is 0 Å². The quantitative estimate of drug-likeness (QED) is 0.539. The third-order valence-electron chi connectivity index (χ3n) is 1.46. The fourth-order valence-electron chi connectivity index (χ4n) is 0.937. The first-order valence-corrected chi connectivity index (χ1v) is 3.52. The molecule has 0 radical (unpaired) electrons. The topological polar surface area (TPSA) is 38.0 Å². The molecular formula is C7H16N2. The maximum Gasteiger partial charge on any atom is 0.0239 e. The van der Waals surface area contributed by atoms with Gasteiger partial charge in [-0.3, -0.25) is 0 Å². The van der Waals surface area contributed by atoms with Crippen molar-refractivity contribution in [3.05, 3.63) is 0 Å². The van der Waals surface area contributed by atoms with Gasteiger partial charge in [-0.15, -0.1) is 0 Å². The van der Waals surface area contributed by atoms with Gasteiger partial charge in [-0.1, -0.05) is 0 Å². The third-order valence-corrected chi connectivity index (χ3v) is 1.46. The second-order valence-corrected chi connectivity index (χ2v) is 3.90. The van der Waals surface area contributed by atoms with Crippen molar-refractivity contribution in [2.45, 2.75) is 44.8 Å². The van der Waals surface area contributed by atoms with Gasteiger partial charge in [0.25, 0.3) is 0 Å². The van der Waals surface area contributed by atoms with Crippen LogP contribution in [0.1, 0.15) is 27.2 Å². The molecule has 2 heteroatoms. The summed E-state index contributed by atoms with van der Waals surface area (Å²) < 4.78 is 0. The highest BCUT2D eigenvalue weighted by Crippen LogP contribution is 2.20. The molecule has 1 rings (SSSR count).